The number of nitrogens with zero attached hydrogens (tertiary/aromatic N) is 1. The molecule has 0 aliphatic carbocycles. The summed E-state index contributed by atoms with van der Waals surface area (Å²) in [7, 11) is 0. The quantitative estimate of drug-likeness (QED) is 0.528. The maximum atomic E-state index is 12.3. The summed E-state index contributed by atoms with van der Waals surface area (Å²) in [5.74, 6) is -1.07. The van der Waals surface area contributed by atoms with E-state index in [9.17, 15) is 19.5 Å². The Balaban J connectivity index is 1.87. The first-order valence-corrected chi connectivity index (χ1v) is 8.21. The van der Waals surface area contributed by atoms with E-state index in [0.29, 0.717) is 0 Å². The van der Waals surface area contributed by atoms with E-state index in [4.69, 9.17) is 9.47 Å². The summed E-state index contributed by atoms with van der Waals surface area (Å²) in [5.41, 5.74) is 0.820. The standard InChI is InChI=1S/C18H22N2O6/c1-2-8-25-16(21)10-19-14-9-15(20(11-14)18(23)24)17(22)26-12-13-6-4-3-5-7-13/h2-7,14-15,19H,1,8-12H2,(H,23,24)/t14-,15+/m1/s1. The van der Waals surface area contributed by atoms with Gasteiger partial charge in [-0.3, -0.25) is 9.69 Å². The van der Waals surface area contributed by atoms with Crippen molar-refractivity contribution in [3.63, 3.8) is 0 Å². The van der Waals surface area contributed by atoms with Gasteiger partial charge in [-0.25, -0.2) is 9.59 Å². The van der Waals surface area contributed by atoms with E-state index < -0.39 is 24.1 Å². The summed E-state index contributed by atoms with van der Waals surface area (Å²) in [6.07, 6.45) is 0.484. The van der Waals surface area contributed by atoms with Crippen molar-refractivity contribution in [1.82, 2.24) is 10.2 Å². The van der Waals surface area contributed by atoms with Crippen molar-refractivity contribution >= 4 is 18.0 Å². The molecule has 0 spiro atoms. The number of ether oxygens (including phenoxy) is 2. The summed E-state index contributed by atoms with van der Waals surface area (Å²) in [6.45, 7) is 3.66. The third-order valence-corrected chi connectivity index (χ3v) is 3.94. The fourth-order valence-electron chi connectivity index (χ4n) is 2.67. The minimum absolute atomic E-state index is 0.0717. The van der Waals surface area contributed by atoms with Gasteiger partial charge in [-0.15, -0.1) is 0 Å². The highest BCUT2D eigenvalue weighted by Crippen LogP contribution is 2.20. The van der Waals surface area contributed by atoms with Gasteiger partial charge in [0.1, 0.15) is 19.3 Å². The van der Waals surface area contributed by atoms with Crippen molar-refractivity contribution < 1.29 is 29.0 Å². The Bertz CT molecular complexity index is 648. The summed E-state index contributed by atoms with van der Waals surface area (Å²) in [6, 6.07) is 7.90. The van der Waals surface area contributed by atoms with Crippen LogP contribution < -0.4 is 5.32 Å². The van der Waals surface area contributed by atoms with Crippen LogP contribution in [0.2, 0.25) is 0 Å². The second-order valence-electron chi connectivity index (χ2n) is 5.83. The Morgan fingerprint density at radius 1 is 1.27 bits per heavy atom. The topological polar surface area (TPSA) is 105 Å². The normalized spacial score (nSPS) is 19.0. The van der Waals surface area contributed by atoms with Gasteiger partial charge in [0.2, 0.25) is 0 Å². The highest BCUT2D eigenvalue weighted by atomic mass is 16.5. The molecule has 0 saturated carbocycles. The molecule has 2 atom stereocenters. The van der Waals surface area contributed by atoms with Crippen LogP contribution in [0.15, 0.2) is 43.0 Å². The molecule has 1 amide bonds. The number of carbonyl (C=O) groups excluding carboxylic acids is 2. The molecule has 1 aromatic carbocycles. The van der Waals surface area contributed by atoms with Crippen LogP contribution in [0, 0.1) is 0 Å². The lowest BCUT2D eigenvalue weighted by Gasteiger charge is -2.19. The van der Waals surface area contributed by atoms with Crippen molar-refractivity contribution in [3.05, 3.63) is 48.6 Å². The van der Waals surface area contributed by atoms with Crippen molar-refractivity contribution in [1.29, 1.82) is 0 Å². The number of hydrogen-bond donors (Lipinski definition) is 2. The fraction of sp³-hybridized carbons (Fsp3) is 0.389. The lowest BCUT2D eigenvalue weighted by atomic mass is 10.1. The van der Waals surface area contributed by atoms with Gasteiger partial charge in [0.25, 0.3) is 0 Å². The molecule has 8 heteroatoms. The molecule has 0 aromatic heterocycles. The molecule has 2 N–H and O–H groups in total. The van der Waals surface area contributed by atoms with Crippen molar-refractivity contribution in [3.8, 4) is 0 Å². The molecule has 1 aliphatic heterocycles. The third kappa shape index (κ3) is 5.59. The Kier molecular flexibility index (Phi) is 7.16. The highest BCUT2D eigenvalue weighted by molar-refractivity contribution is 5.81. The maximum absolute atomic E-state index is 12.3. The summed E-state index contributed by atoms with van der Waals surface area (Å²) < 4.78 is 10.1. The van der Waals surface area contributed by atoms with E-state index in [1.165, 1.54) is 6.08 Å². The van der Waals surface area contributed by atoms with Crippen LogP contribution in [0.5, 0.6) is 0 Å². The van der Waals surface area contributed by atoms with Gasteiger partial charge >= 0.3 is 18.0 Å². The van der Waals surface area contributed by atoms with Gasteiger partial charge in [-0.2, -0.15) is 0 Å². The number of nitrogens with one attached hydrogen (secondary N) is 1. The van der Waals surface area contributed by atoms with Crippen LogP contribution in [-0.2, 0) is 25.7 Å². The van der Waals surface area contributed by atoms with Gasteiger partial charge < -0.3 is 19.9 Å². The predicted molar refractivity (Wildman–Crippen MR) is 92.3 cm³/mol. The van der Waals surface area contributed by atoms with Crippen molar-refractivity contribution in [2.24, 2.45) is 0 Å². The second-order valence-corrected chi connectivity index (χ2v) is 5.83. The van der Waals surface area contributed by atoms with E-state index in [-0.39, 0.29) is 38.8 Å². The minimum Gasteiger partial charge on any atom is -0.465 e. The Labute approximate surface area is 151 Å². The molecule has 0 unspecified atom stereocenters. The minimum atomic E-state index is -1.20. The smallest absolute Gasteiger partial charge is 0.408 e. The number of likely N-dealkylation sites (tertiary alicyclic amines) is 1. The first-order valence-electron chi connectivity index (χ1n) is 8.21. The third-order valence-electron chi connectivity index (χ3n) is 3.94. The molecule has 0 radical (unpaired) electrons. The van der Waals surface area contributed by atoms with Crippen LogP contribution in [-0.4, -0.2) is 59.8 Å². The molecule has 1 saturated heterocycles. The molecule has 8 nitrogen and oxygen atoms in total. The van der Waals surface area contributed by atoms with Crippen LogP contribution in [0.25, 0.3) is 0 Å². The van der Waals surface area contributed by atoms with E-state index in [0.717, 1.165) is 10.5 Å². The molecule has 0 bridgehead atoms. The van der Waals surface area contributed by atoms with Gasteiger partial charge in [0, 0.05) is 12.6 Å². The zero-order valence-electron chi connectivity index (χ0n) is 14.3. The van der Waals surface area contributed by atoms with Crippen LogP contribution >= 0.6 is 0 Å². The largest absolute Gasteiger partial charge is 0.465 e. The summed E-state index contributed by atoms with van der Waals surface area (Å²) in [5, 5.41) is 12.2. The van der Waals surface area contributed by atoms with Gasteiger partial charge in [-0.05, 0) is 12.0 Å². The summed E-state index contributed by atoms with van der Waals surface area (Å²) in [4.78, 5) is 36.2. The zero-order chi connectivity index (χ0) is 18.9. The maximum Gasteiger partial charge on any atom is 0.408 e. The van der Waals surface area contributed by atoms with E-state index in [1.54, 1.807) is 0 Å². The molecule has 2 rings (SSSR count). The monoisotopic (exact) mass is 362 g/mol. The average Bonchev–Trinajstić information content (AvgIpc) is 3.08. The number of amides is 1. The molecule has 1 aromatic rings. The summed E-state index contributed by atoms with van der Waals surface area (Å²) >= 11 is 0. The highest BCUT2D eigenvalue weighted by Gasteiger charge is 2.40. The van der Waals surface area contributed by atoms with Gasteiger partial charge in [0.05, 0.1) is 6.54 Å². The number of rotatable bonds is 8. The number of benzene rings is 1. The SMILES string of the molecule is C=CCOC(=O)CN[C@@H]1C[C@@H](C(=O)OCc2ccccc2)N(C(=O)O)C1. The fourth-order valence-corrected chi connectivity index (χ4v) is 2.67. The van der Waals surface area contributed by atoms with Crippen molar-refractivity contribution in [2.75, 3.05) is 19.7 Å². The van der Waals surface area contributed by atoms with Crippen LogP contribution in [0.1, 0.15) is 12.0 Å². The van der Waals surface area contributed by atoms with E-state index in [1.807, 2.05) is 30.3 Å². The molecule has 1 aliphatic rings. The van der Waals surface area contributed by atoms with Crippen molar-refractivity contribution in [2.45, 2.75) is 25.1 Å². The average molecular weight is 362 g/mol. The molecule has 1 heterocycles. The predicted octanol–water partition coefficient (Wildman–Crippen LogP) is 1.17. The van der Waals surface area contributed by atoms with E-state index in [2.05, 4.69) is 11.9 Å². The van der Waals surface area contributed by atoms with Crippen LogP contribution in [0.4, 0.5) is 4.79 Å². The van der Waals surface area contributed by atoms with Gasteiger partial charge in [-0.1, -0.05) is 43.0 Å². The molecule has 140 valence electrons. The number of hydrogen-bond acceptors (Lipinski definition) is 6. The number of carboxylic acid groups (broad SMARTS) is 1. The lowest BCUT2D eigenvalue weighted by molar-refractivity contribution is -0.149. The lowest BCUT2D eigenvalue weighted by Crippen LogP contribution is -2.41. The Hall–Kier alpha value is -2.87. The second kappa shape index (κ2) is 9.57. The Morgan fingerprint density at radius 3 is 2.65 bits per heavy atom. The van der Waals surface area contributed by atoms with E-state index >= 15 is 0 Å². The number of carbonyl (C=O) groups is 3. The number of esters is 2. The molecule has 26 heavy (non-hydrogen) atoms. The Morgan fingerprint density at radius 2 is 2.00 bits per heavy atom. The zero-order valence-corrected chi connectivity index (χ0v) is 14.3. The first kappa shape index (κ1) is 19.5. The first-order chi connectivity index (χ1) is 12.5. The van der Waals surface area contributed by atoms with Gasteiger partial charge in [0.15, 0.2) is 0 Å². The molecular weight excluding hydrogens is 340 g/mol. The molecular formula is C18H22N2O6. The molecule has 1 fully saturated rings. The van der Waals surface area contributed by atoms with Crippen LogP contribution in [0.3, 0.4) is 0 Å².